The van der Waals surface area contributed by atoms with Crippen LogP contribution < -0.4 is 14.9 Å². The van der Waals surface area contributed by atoms with Crippen molar-refractivity contribution in [1.29, 1.82) is 0 Å². The van der Waals surface area contributed by atoms with Crippen molar-refractivity contribution in [1.82, 2.24) is 10.4 Å². The lowest BCUT2D eigenvalue weighted by Gasteiger charge is -2.15. The van der Waals surface area contributed by atoms with Crippen molar-refractivity contribution >= 4 is 57.8 Å². The Kier molecular flexibility index (Phi) is 7.02. The van der Waals surface area contributed by atoms with Crippen LogP contribution in [0.15, 0.2) is 47.4 Å². The molecule has 2 aromatic carbocycles. The molecule has 0 aromatic heterocycles. The zero-order valence-electron chi connectivity index (χ0n) is 16.5. The van der Waals surface area contributed by atoms with Gasteiger partial charge >= 0.3 is 0 Å². The van der Waals surface area contributed by atoms with E-state index in [1.807, 2.05) is 19.9 Å². The molecule has 6 nitrogen and oxygen atoms in total. The Morgan fingerprint density at radius 3 is 2.67 bits per heavy atom. The fourth-order valence-electron chi connectivity index (χ4n) is 2.64. The maximum atomic E-state index is 12.8. The van der Waals surface area contributed by atoms with Crippen molar-refractivity contribution < 1.29 is 19.1 Å². The average molecular weight is 463 g/mol. The zero-order valence-corrected chi connectivity index (χ0v) is 18.9. The molecule has 1 heterocycles. The van der Waals surface area contributed by atoms with E-state index in [9.17, 15) is 9.59 Å². The Balaban J connectivity index is 1.78. The summed E-state index contributed by atoms with van der Waals surface area (Å²) in [6.45, 7) is 3.85. The van der Waals surface area contributed by atoms with E-state index >= 15 is 0 Å². The molecule has 3 rings (SSSR count). The minimum atomic E-state index is -0.480. The lowest BCUT2D eigenvalue weighted by Crippen LogP contribution is -2.44. The molecule has 1 saturated heterocycles. The summed E-state index contributed by atoms with van der Waals surface area (Å²) in [5.41, 5.74) is 3.59. The van der Waals surface area contributed by atoms with Gasteiger partial charge in [-0.05, 0) is 68.0 Å². The van der Waals surface area contributed by atoms with Gasteiger partial charge in [0, 0.05) is 10.6 Å². The van der Waals surface area contributed by atoms with Crippen LogP contribution in [0.25, 0.3) is 6.08 Å². The average Bonchev–Trinajstić information content (AvgIpc) is 2.96. The molecular formula is C21H19ClN2O4S2. The number of benzene rings is 2. The van der Waals surface area contributed by atoms with E-state index in [4.69, 9.17) is 33.3 Å². The van der Waals surface area contributed by atoms with Gasteiger partial charge in [-0.15, -0.1) is 0 Å². The van der Waals surface area contributed by atoms with Crippen LogP contribution in [0.1, 0.15) is 29.8 Å². The number of rotatable bonds is 6. The van der Waals surface area contributed by atoms with E-state index in [0.717, 1.165) is 22.3 Å². The molecule has 0 aliphatic carbocycles. The third-order valence-electron chi connectivity index (χ3n) is 3.94. The first-order valence-electron chi connectivity index (χ1n) is 8.97. The Bertz CT molecular complexity index is 1040. The predicted molar refractivity (Wildman–Crippen MR) is 123 cm³/mol. The molecule has 0 spiro atoms. The fraction of sp³-hybridized carbons (Fsp3) is 0.190. The largest absolute Gasteiger partial charge is 0.493 e. The van der Waals surface area contributed by atoms with Gasteiger partial charge in [-0.2, -0.15) is 5.01 Å². The predicted octanol–water partition coefficient (Wildman–Crippen LogP) is 4.68. The second-order valence-electron chi connectivity index (χ2n) is 6.55. The minimum Gasteiger partial charge on any atom is -0.493 e. The lowest BCUT2D eigenvalue weighted by molar-refractivity contribution is -0.123. The zero-order chi connectivity index (χ0) is 21.8. The highest BCUT2D eigenvalue weighted by molar-refractivity contribution is 8.26. The summed E-state index contributed by atoms with van der Waals surface area (Å²) in [6.07, 6.45) is 1.69. The van der Waals surface area contributed by atoms with Crippen molar-refractivity contribution in [2.75, 3.05) is 7.11 Å². The summed E-state index contributed by atoms with van der Waals surface area (Å²) in [6, 6.07) is 11.8. The number of thioether (sulfide) groups is 1. The number of methoxy groups -OCH3 is 1. The van der Waals surface area contributed by atoms with Gasteiger partial charge in [-0.3, -0.25) is 15.0 Å². The minimum absolute atomic E-state index is 0.00380. The Labute approximate surface area is 189 Å². The molecule has 2 amide bonds. The summed E-state index contributed by atoms with van der Waals surface area (Å²) in [5.74, 6) is 0.280. The van der Waals surface area contributed by atoms with Crippen molar-refractivity contribution in [3.63, 3.8) is 0 Å². The fourth-order valence-corrected chi connectivity index (χ4v) is 4.01. The summed E-state index contributed by atoms with van der Waals surface area (Å²) in [5, 5.41) is 1.48. The number of carbonyl (C=O) groups is 2. The Morgan fingerprint density at radius 1 is 1.23 bits per heavy atom. The molecule has 0 unspecified atom stereocenters. The number of hydrogen-bond donors (Lipinski definition) is 1. The number of ether oxygens (including phenoxy) is 2. The number of carbonyl (C=O) groups excluding carboxylic acids is 2. The first-order valence-corrected chi connectivity index (χ1v) is 10.6. The highest BCUT2D eigenvalue weighted by Gasteiger charge is 2.33. The van der Waals surface area contributed by atoms with E-state index < -0.39 is 11.8 Å². The molecule has 0 atom stereocenters. The van der Waals surface area contributed by atoms with Gasteiger partial charge < -0.3 is 9.47 Å². The van der Waals surface area contributed by atoms with E-state index in [1.165, 1.54) is 6.07 Å². The monoisotopic (exact) mass is 462 g/mol. The van der Waals surface area contributed by atoms with Gasteiger partial charge in [0.05, 0.1) is 18.1 Å². The summed E-state index contributed by atoms with van der Waals surface area (Å²) in [4.78, 5) is 25.6. The van der Waals surface area contributed by atoms with Crippen LogP contribution >= 0.6 is 35.6 Å². The second-order valence-corrected chi connectivity index (χ2v) is 8.66. The van der Waals surface area contributed by atoms with Gasteiger partial charge in [-0.1, -0.05) is 35.5 Å². The van der Waals surface area contributed by atoms with Crippen LogP contribution in [0.5, 0.6) is 11.5 Å². The molecule has 0 radical (unpaired) electrons. The standard InChI is InChI=1S/C21H19ClN2O4S2/c1-12(2)28-16-8-7-13(9-17(16)27-3)10-18-20(26)24(21(29)30-18)23-19(25)14-5-4-6-15(22)11-14/h4-12H,1-3H3,(H,23,25)/b18-10-. The van der Waals surface area contributed by atoms with Gasteiger partial charge in [0.1, 0.15) is 0 Å². The molecular weight excluding hydrogens is 444 g/mol. The molecule has 1 N–H and O–H groups in total. The first-order chi connectivity index (χ1) is 14.3. The molecule has 2 aromatic rings. The SMILES string of the molecule is COc1cc(/C=C2\SC(=S)N(NC(=O)c3cccc(Cl)c3)C2=O)ccc1OC(C)C. The Morgan fingerprint density at radius 2 is 2.00 bits per heavy atom. The molecule has 156 valence electrons. The molecule has 0 saturated carbocycles. The number of halogens is 1. The van der Waals surface area contributed by atoms with Crippen LogP contribution in [0.4, 0.5) is 0 Å². The first kappa shape index (κ1) is 22.1. The van der Waals surface area contributed by atoms with Crippen molar-refractivity contribution in [2.45, 2.75) is 20.0 Å². The maximum absolute atomic E-state index is 12.8. The summed E-state index contributed by atoms with van der Waals surface area (Å²) < 4.78 is 11.3. The number of thiocarbonyl (C=S) groups is 1. The highest BCUT2D eigenvalue weighted by atomic mass is 35.5. The van der Waals surface area contributed by atoms with Crippen molar-refractivity contribution in [3.05, 3.63) is 63.5 Å². The molecule has 0 bridgehead atoms. The van der Waals surface area contributed by atoms with Crippen molar-refractivity contribution in [2.24, 2.45) is 0 Å². The van der Waals surface area contributed by atoms with Crippen LogP contribution in [-0.4, -0.2) is 34.4 Å². The second kappa shape index (κ2) is 9.51. The quantitative estimate of drug-likeness (QED) is 0.496. The Hall–Kier alpha value is -2.55. The lowest BCUT2D eigenvalue weighted by atomic mass is 10.2. The number of hydrogen-bond acceptors (Lipinski definition) is 6. The van der Waals surface area contributed by atoms with E-state index in [0.29, 0.717) is 27.0 Å². The van der Waals surface area contributed by atoms with Crippen LogP contribution in [0.3, 0.4) is 0 Å². The smallest absolute Gasteiger partial charge is 0.285 e. The van der Waals surface area contributed by atoms with Gasteiger partial charge in [-0.25, -0.2) is 0 Å². The molecule has 30 heavy (non-hydrogen) atoms. The van der Waals surface area contributed by atoms with Gasteiger partial charge in [0.15, 0.2) is 15.8 Å². The maximum Gasteiger partial charge on any atom is 0.285 e. The van der Waals surface area contributed by atoms with E-state index in [1.54, 1.807) is 43.5 Å². The van der Waals surface area contributed by atoms with E-state index in [-0.39, 0.29) is 10.4 Å². The number of nitrogens with one attached hydrogen (secondary N) is 1. The number of hydrazine groups is 1. The molecule has 9 heteroatoms. The summed E-state index contributed by atoms with van der Waals surface area (Å²) in [7, 11) is 1.55. The molecule has 1 aliphatic heterocycles. The third-order valence-corrected chi connectivity index (χ3v) is 5.48. The van der Waals surface area contributed by atoms with Gasteiger partial charge in [0.2, 0.25) is 0 Å². The summed E-state index contributed by atoms with van der Waals surface area (Å²) >= 11 is 12.3. The van der Waals surface area contributed by atoms with Crippen LogP contribution in [0, 0.1) is 0 Å². The van der Waals surface area contributed by atoms with Crippen molar-refractivity contribution in [3.8, 4) is 11.5 Å². The number of amides is 2. The molecule has 1 fully saturated rings. The molecule has 1 aliphatic rings. The topological polar surface area (TPSA) is 67.9 Å². The highest BCUT2D eigenvalue weighted by Crippen LogP contribution is 2.34. The third kappa shape index (κ3) is 5.13. The van der Waals surface area contributed by atoms with Crippen LogP contribution in [0.2, 0.25) is 5.02 Å². The van der Waals surface area contributed by atoms with Gasteiger partial charge in [0.25, 0.3) is 11.8 Å². The normalized spacial score (nSPS) is 15.1. The van der Waals surface area contributed by atoms with E-state index in [2.05, 4.69) is 5.43 Å². The number of nitrogens with zero attached hydrogens (tertiary/aromatic N) is 1. The van der Waals surface area contributed by atoms with Crippen LogP contribution in [-0.2, 0) is 4.79 Å².